The SMILES string of the molecule is CC(C)(C(=O)NN)c1cccc(Cl)n1. The van der Waals surface area contributed by atoms with Crippen LogP contribution in [0.4, 0.5) is 0 Å². The lowest BCUT2D eigenvalue weighted by molar-refractivity contribution is -0.125. The molecule has 0 spiro atoms. The number of aromatic nitrogens is 1. The number of halogens is 1. The van der Waals surface area contributed by atoms with Crippen LogP contribution in [0, 0.1) is 0 Å². The smallest absolute Gasteiger partial charge is 0.245 e. The highest BCUT2D eigenvalue weighted by molar-refractivity contribution is 6.29. The molecule has 0 atom stereocenters. The van der Waals surface area contributed by atoms with Gasteiger partial charge in [0, 0.05) is 0 Å². The lowest BCUT2D eigenvalue weighted by Crippen LogP contribution is -2.44. The van der Waals surface area contributed by atoms with E-state index in [1.807, 2.05) is 0 Å². The third kappa shape index (κ3) is 2.02. The van der Waals surface area contributed by atoms with E-state index in [2.05, 4.69) is 10.4 Å². The molecule has 1 rings (SSSR count). The average Bonchev–Trinajstić information content (AvgIpc) is 2.16. The minimum absolute atomic E-state index is 0.299. The van der Waals surface area contributed by atoms with Crippen molar-refractivity contribution in [1.29, 1.82) is 0 Å². The van der Waals surface area contributed by atoms with Gasteiger partial charge in [-0.3, -0.25) is 10.2 Å². The maximum absolute atomic E-state index is 11.4. The average molecular weight is 214 g/mol. The van der Waals surface area contributed by atoms with Crippen LogP contribution in [0.1, 0.15) is 19.5 Å². The Morgan fingerprint density at radius 3 is 2.71 bits per heavy atom. The number of pyridine rings is 1. The van der Waals surface area contributed by atoms with Crippen molar-refractivity contribution >= 4 is 17.5 Å². The summed E-state index contributed by atoms with van der Waals surface area (Å²) in [7, 11) is 0. The van der Waals surface area contributed by atoms with Gasteiger partial charge in [0.1, 0.15) is 5.15 Å². The zero-order valence-corrected chi connectivity index (χ0v) is 8.80. The lowest BCUT2D eigenvalue weighted by Gasteiger charge is -2.21. The van der Waals surface area contributed by atoms with Gasteiger partial charge in [0.05, 0.1) is 11.1 Å². The van der Waals surface area contributed by atoms with Crippen LogP contribution >= 0.6 is 11.6 Å². The van der Waals surface area contributed by atoms with Gasteiger partial charge in [-0.2, -0.15) is 0 Å². The topological polar surface area (TPSA) is 68.0 Å². The van der Waals surface area contributed by atoms with Gasteiger partial charge in [-0.1, -0.05) is 17.7 Å². The van der Waals surface area contributed by atoms with Crippen LogP contribution in [-0.2, 0) is 10.2 Å². The molecule has 0 radical (unpaired) electrons. The number of rotatable bonds is 2. The number of carbonyl (C=O) groups excluding carboxylic acids is 1. The van der Waals surface area contributed by atoms with E-state index in [-0.39, 0.29) is 5.91 Å². The van der Waals surface area contributed by atoms with Crippen LogP contribution in [-0.4, -0.2) is 10.9 Å². The Balaban J connectivity index is 3.09. The van der Waals surface area contributed by atoms with Gasteiger partial charge < -0.3 is 0 Å². The lowest BCUT2D eigenvalue weighted by atomic mass is 9.88. The Hall–Kier alpha value is -1.13. The summed E-state index contributed by atoms with van der Waals surface area (Å²) in [6, 6.07) is 5.14. The summed E-state index contributed by atoms with van der Waals surface area (Å²) in [5.74, 6) is 4.77. The summed E-state index contributed by atoms with van der Waals surface area (Å²) in [5.41, 5.74) is 1.91. The summed E-state index contributed by atoms with van der Waals surface area (Å²) in [5, 5.41) is 0.361. The van der Waals surface area contributed by atoms with Crippen molar-refractivity contribution in [3.8, 4) is 0 Å². The fourth-order valence-electron chi connectivity index (χ4n) is 1.05. The van der Waals surface area contributed by atoms with Gasteiger partial charge in [0.25, 0.3) is 0 Å². The molecule has 3 N–H and O–H groups in total. The molecular weight excluding hydrogens is 202 g/mol. The molecule has 0 aliphatic carbocycles. The molecule has 1 aromatic heterocycles. The molecule has 5 heteroatoms. The number of hydrazine groups is 1. The zero-order chi connectivity index (χ0) is 10.8. The summed E-state index contributed by atoms with van der Waals surface area (Å²) in [4.78, 5) is 15.5. The molecule has 76 valence electrons. The Labute approximate surface area is 87.4 Å². The van der Waals surface area contributed by atoms with Gasteiger partial charge in [-0.25, -0.2) is 10.8 Å². The van der Waals surface area contributed by atoms with Crippen LogP contribution in [0.15, 0.2) is 18.2 Å². The molecule has 14 heavy (non-hydrogen) atoms. The van der Waals surface area contributed by atoms with Gasteiger partial charge in [0.15, 0.2) is 0 Å². The second kappa shape index (κ2) is 3.94. The molecule has 1 heterocycles. The second-order valence-electron chi connectivity index (χ2n) is 3.44. The molecular formula is C9H12ClN3O. The minimum atomic E-state index is -0.778. The largest absolute Gasteiger partial charge is 0.293 e. The first-order valence-electron chi connectivity index (χ1n) is 4.12. The third-order valence-corrected chi connectivity index (χ3v) is 2.26. The molecule has 0 saturated carbocycles. The predicted molar refractivity (Wildman–Crippen MR) is 54.6 cm³/mol. The number of hydrogen-bond acceptors (Lipinski definition) is 3. The normalized spacial score (nSPS) is 11.1. The van der Waals surface area contributed by atoms with E-state index in [1.165, 1.54) is 0 Å². The molecule has 4 nitrogen and oxygen atoms in total. The first-order valence-corrected chi connectivity index (χ1v) is 4.50. The molecule has 0 aromatic carbocycles. The van der Waals surface area contributed by atoms with Crippen molar-refractivity contribution in [3.63, 3.8) is 0 Å². The standard InChI is InChI=1S/C9H12ClN3O/c1-9(2,8(14)13-11)6-4-3-5-7(10)12-6/h3-5H,11H2,1-2H3,(H,13,14). The van der Waals surface area contributed by atoms with Crippen LogP contribution in [0.25, 0.3) is 0 Å². The Morgan fingerprint density at radius 2 is 2.21 bits per heavy atom. The number of nitrogens with one attached hydrogen (secondary N) is 1. The van der Waals surface area contributed by atoms with E-state index < -0.39 is 5.41 Å². The van der Waals surface area contributed by atoms with Crippen molar-refractivity contribution in [2.45, 2.75) is 19.3 Å². The summed E-state index contributed by atoms with van der Waals surface area (Å²) in [6.07, 6.45) is 0. The molecule has 0 unspecified atom stereocenters. The van der Waals surface area contributed by atoms with E-state index in [0.717, 1.165) is 0 Å². The van der Waals surface area contributed by atoms with Gasteiger partial charge in [0.2, 0.25) is 5.91 Å². The molecule has 0 aliphatic heterocycles. The maximum atomic E-state index is 11.4. The molecule has 0 fully saturated rings. The van der Waals surface area contributed by atoms with E-state index in [1.54, 1.807) is 32.0 Å². The third-order valence-electron chi connectivity index (χ3n) is 2.05. The number of nitrogens with zero attached hydrogens (tertiary/aromatic N) is 1. The quantitative estimate of drug-likeness (QED) is 0.333. The van der Waals surface area contributed by atoms with Crippen LogP contribution in [0.5, 0.6) is 0 Å². The van der Waals surface area contributed by atoms with Gasteiger partial charge in [-0.15, -0.1) is 0 Å². The number of nitrogens with two attached hydrogens (primary N) is 1. The van der Waals surface area contributed by atoms with E-state index in [4.69, 9.17) is 17.4 Å². The van der Waals surface area contributed by atoms with Gasteiger partial charge in [-0.05, 0) is 26.0 Å². The Bertz CT molecular complexity index is 352. The Kier molecular flexibility index (Phi) is 3.08. The van der Waals surface area contributed by atoms with E-state index >= 15 is 0 Å². The van der Waals surface area contributed by atoms with Crippen molar-refractivity contribution < 1.29 is 4.79 Å². The molecule has 0 aliphatic rings. The van der Waals surface area contributed by atoms with E-state index in [9.17, 15) is 4.79 Å². The molecule has 0 saturated heterocycles. The second-order valence-corrected chi connectivity index (χ2v) is 3.83. The monoisotopic (exact) mass is 213 g/mol. The van der Waals surface area contributed by atoms with Crippen LogP contribution in [0.3, 0.4) is 0 Å². The first-order chi connectivity index (χ1) is 6.48. The summed E-state index contributed by atoms with van der Waals surface area (Å²) in [6.45, 7) is 3.46. The Morgan fingerprint density at radius 1 is 1.57 bits per heavy atom. The zero-order valence-electron chi connectivity index (χ0n) is 8.04. The minimum Gasteiger partial charge on any atom is -0.293 e. The maximum Gasteiger partial charge on any atom is 0.245 e. The van der Waals surface area contributed by atoms with Crippen molar-refractivity contribution in [3.05, 3.63) is 29.0 Å². The number of hydrogen-bond donors (Lipinski definition) is 2. The van der Waals surface area contributed by atoms with Gasteiger partial charge >= 0.3 is 0 Å². The van der Waals surface area contributed by atoms with Crippen LogP contribution < -0.4 is 11.3 Å². The fourth-order valence-corrected chi connectivity index (χ4v) is 1.22. The molecule has 0 bridgehead atoms. The van der Waals surface area contributed by atoms with Crippen LogP contribution in [0.2, 0.25) is 5.15 Å². The number of carbonyl (C=O) groups is 1. The summed E-state index contributed by atoms with van der Waals surface area (Å²) >= 11 is 5.72. The molecule has 1 aromatic rings. The highest BCUT2D eigenvalue weighted by Gasteiger charge is 2.30. The highest BCUT2D eigenvalue weighted by atomic mass is 35.5. The highest BCUT2D eigenvalue weighted by Crippen LogP contribution is 2.22. The van der Waals surface area contributed by atoms with Crippen molar-refractivity contribution in [2.24, 2.45) is 5.84 Å². The predicted octanol–water partition coefficient (Wildman–Crippen LogP) is 1.00. The van der Waals surface area contributed by atoms with E-state index in [0.29, 0.717) is 10.8 Å². The van der Waals surface area contributed by atoms with Crippen molar-refractivity contribution in [1.82, 2.24) is 10.4 Å². The van der Waals surface area contributed by atoms with Crippen molar-refractivity contribution in [2.75, 3.05) is 0 Å². The number of amides is 1. The first kappa shape index (κ1) is 10.9. The fraction of sp³-hybridized carbons (Fsp3) is 0.333. The molecule has 1 amide bonds. The summed E-state index contributed by atoms with van der Waals surface area (Å²) < 4.78 is 0.